The van der Waals surface area contributed by atoms with Crippen LogP contribution in [0.25, 0.3) is 0 Å². The number of nitrogen functional groups attached to an aromatic ring is 1. The second-order valence-electron chi connectivity index (χ2n) is 6.63. The molecule has 1 aliphatic rings. The predicted octanol–water partition coefficient (Wildman–Crippen LogP) is 1.13. The number of hydrogen-bond donors (Lipinski definition) is 2. The van der Waals surface area contributed by atoms with Crippen molar-refractivity contribution in [3.05, 3.63) is 41.6 Å². The molecule has 28 heavy (non-hydrogen) atoms. The van der Waals surface area contributed by atoms with Gasteiger partial charge in [-0.25, -0.2) is 17.7 Å². The number of carbonyl (C=O) groups is 1. The van der Waals surface area contributed by atoms with Gasteiger partial charge in [0.1, 0.15) is 11.6 Å². The molecule has 0 aliphatic carbocycles. The number of aromatic nitrogens is 2. The highest BCUT2D eigenvalue weighted by Gasteiger charge is 2.25. The van der Waals surface area contributed by atoms with Crippen LogP contribution in [0.3, 0.4) is 0 Å². The first kappa shape index (κ1) is 20.0. The third kappa shape index (κ3) is 4.57. The van der Waals surface area contributed by atoms with Crippen LogP contribution in [0.4, 0.5) is 11.8 Å². The van der Waals surface area contributed by atoms with E-state index in [2.05, 4.69) is 15.3 Å². The molecule has 1 aromatic heterocycles. The van der Waals surface area contributed by atoms with Crippen LogP contribution in [-0.4, -0.2) is 61.0 Å². The lowest BCUT2D eigenvalue weighted by Crippen LogP contribution is -2.42. The van der Waals surface area contributed by atoms with Crippen molar-refractivity contribution in [1.82, 2.24) is 14.3 Å². The minimum Gasteiger partial charge on any atom is -0.497 e. The number of methoxy groups -OCH3 is 1. The average Bonchev–Trinajstić information content (AvgIpc) is 2.67. The minimum absolute atomic E-state index is 0.0392. The number of rotatable bonds is 6. The van der Waals surface area contributed by atoms with E-state index in [1.807, 2.05) is 0 Å². The van der Waals surface area contributed by atoms with Crippen LogP contribution in [0.2, 0.25) is 0 Å². The molecule has 1 saturated heterocycles. The number of anilines is 2. The number of nitrogens with zero attached hydrogens (tertiary/aromatic N) is 3. The van der Waals surface area contributed by atoms with Crippen molar-refractivity contribution in [3.63, 3.8) is 0 Å². The normalized spacial score (nSPS) is 15.9. The molecule has 3 rings (SSSR count). The molecule has 1 fully saturated rings. The lowest BCUT2D eigenvalue weighted by Gasteiger charge is -2.30. The highest BCUT2D eigenvalue weighted by Crippen LogP contribution is 2.21. The van der Waals surface area contributed by atoms with E-state index < -0.39 is 10.0 Å². The van der Waals surface area contributed by atoms with Gasteiger partial charge in [-0.3, -0.25) is 4.79 Å². The van der Waals surface area contributed by atoms with Gasteiger partial charge in [0, 0.05) is 30.9 Å². The molecule has 1 aromatic carbocycles. The maximum absolute atomic E-state index is 12.7. The van der Waals surface area contributed by atoms with Gasteiger partial charge in [0.05, 0.1) is 18.9 Å². The van der Waals surface area contributed by atoms with Gasteiger partial charge >= 0.3 is 0 Å². The molecular formula is C18H23N5O4S. The summed E-state index contributed by atoms with van der Waals surface area (Å²) >= 11 is 0. The summed E-state index contributed by atoms with van der Waals surface area (Å²) in [5.41, 5.74) is 6.63. The smallest absolute Gasteiger partial charge is 0.224 e. The zero-order chi connectivity index (χ0) is 20.3. The van der Waals surface area contributed by atoms with E-state index in [1.165, 1.54) is 23.9 Å². The van der Waals surface area contributed by atoms with Crippen molar-refractivity contribution < 1.29 is 17.9 Å². The second-order valence-corrected chi connectivity index (χ2v) is 8.62. The lowest BCUT2D eigenvalue weighted by molar-refractivity contribution is 0.103. The van der Waals surface area contributed by atoms with Gasteiger partial charge in [0.15, 0.2) is 5.78 Å². The highest BCUT2D eigenvalue weighted by atomic mass is 32.2. The number of piperidine rings is 1. The maximum atomic E-state index is 12.7. The van der Waals surface area contributed by atoms with E-state index in [0.717, 1.165) is 0 Å². The number of hydrogen-bond acceptors (Lipinski definition) is 8. The first-order chi connectivity index (χ1) is 13.3. The first-order valence-corrected chi connectivity index (χ1v) is 10.7. The van der Waals surface area contributed by atoms with Gasteiger partial charge in [-0.1, -0.05) is 12.1 Å². The molecule has 0 amide bonds. The van der Waals surface area contributed by atoms with Crippen molar-refractivity contribution in [2.75, 3.05) is 37.5 Å². The molecule has 2 aromatic rings. The SMILES string of the molecule is COc1cccc(C(=O)c2cnc(NC3CCN(S(C)(=O)=O)CC3)nc2N)c1. The number of sulfonamides is 1. The van der Waals surface area contributed by atoms with E-state index in [-0.39, 0.29) is 23.2 Å². The molecule has 150 valence electrons. The summed E-state index contributed by atoms with van der Waals surface area (Å²) in [5, 5.41) is 3.16. The van der Waals surface area contributed by atoms with Crippen LogP contribution in [0.1, 0.15) is 28.8 Å². The van der Waals surface area contributed by atoms with Crippen molar-refractivity contribution in [2.45, 2.75) is 18.9 Å². The topological polar surface area (TPSA) is 128 Å². The third-order valence-electron chi connectivity index (χ3n) is 4.65. The van der Waals surface area contributed by atoms with Crippen molar-refractivity contribution in [2.24, 2.45) is 0 Å². The highest BCUT2D eigenvalue weighted by molar-refractivity contribution is 7.88. The minimum atomic E-state index is -3.17. The van der Waals surface area contributed by atoms with Crippen LogP contribution in [-0.2, 0) is 10.0 Å². The van der Waals surface area contributed by atoms with Gasteiger partial charge in [-0.2, -0.15) is 4.98 Å². The van der Waals surface area contributed by atoms with Crippen LogP contribution < -0.4 is 15.8 Å². The van der Waals surface area contributed by atoms with Crippen LogP contribution in [0, 0.1) is 0 Å². The van der Waals surface area contributed by atoms with E-state index in [9.17, 15) is 13.2 Å². The summed E-state index contributed by atoms with van der Waals surface area (Å²) < 4.78 is 29.8. The summed E-state index contributed by atoms with van der Waals surface area (Å²) in [6, 6.07) is 6.81. The molecule has 0 saturated carbocycles. The maximum Gasteiger partial charge on any atom is 0.224 e. The van der Waals surface area contributed by atoms with Gasteiger partial charge in [-0.15, -0.1) is 0 Å². The van der Waals surface area contributed by atoms with Crippen molar-refractivity contribution >= 4 is 27.6 Å². The fourth-order valence-corrected chi connectivity index (χ4v) is 3.95. The van der Waals surface area contributed by atoms with Gasteiger partial charge in [0.2, 0.25) is 16.0 Å². The standard InChI is InChI=1S/C18H23N5O4S/c1-27-14-5-3-4-12(10-14)16(24)15-11-20-18(22-17(15)19)21-13-6-8-23(9-7-13)28(2,25)26/h3-5,10-11,13H,6-9H2,1-2H3,(H3,19,20,21,22). The van der Waals surface area contributed by atoms with Crippen LogP contribution in [0.15, 0.2) is 30.5 Å². The first-order valence-electron chi connectivity index (χ1n) is 8.81. The fourth-order valence-electron chi connectivity index (χ4n) is 3.07. The number of nitrogens with one attached hydrogen (secondary N) is 1. The second kappa shape index (κ2) is 8.11. The third-order valence-corrected chi connectivity index (χ3v) is 5.95. The molecule has 0 bridgehead atoms. The van der Waals surface area contributed by atoms with Gasteiger partial charge < -0.3 is 15.8 Å². The largest absolute Gasteiger partial charge is 0.497 e. The summed E-state index contributed by atoms with van der Waals surface area (Å²) in [6.07, 6.45) is 3.89. The molecule has 2 heterocycles. The Labute approximate surface area is 164 Å². The van der Waals surface area contributed by atoms with Crippen molar-refractivity contribution in [1.29, 1.82) is 0 Å². The molecule has 0 spiro atoms. The molecule has 3 N–H and O–H groups in total. The van der Waals surface area contributed by atoms with E-state index in [1.54, 1.807) is 24.3 Å². The average molecular weight is 405 g/mol. The van der Waals surface area contributed by atoms with E-state index in [0.29, 0.717) is 43.2 Å². The zero-order valence-corrected chi connectivity index (χ0v) is 16.6. The fraction of sp³-hybridized carbons (Fsp3) is 0.389. The Morgan fingerprint density at radius 3 is 2.64 bits per heavy atom. The Bertz CT molecular complexity index is 972. The monoisotopic (exact) mass is 405 g/mol. The summed E-state index contributed by atoms with van der Waals surface area (Å²) in [6.45, 7) is 0.886. The Morgan fingerprint density at radius 1 is 1.32 bits per heavy atom. The van der Waals surface area contributed by atoms with Crippen molar-refractivity contribution in [3.8, 4) is 5.75 Å². The molecule has 1 aliphatic heterocycles. The number of ether oxygens (including phenoxy) is 1. The molecule has 9 nitrogen and oxygen atoms in total. The Balaban J connectivity index is 1.68. The van der Waals surface area contributed by atoms with E-state index >= 15 is 0 Å². The van der Waals surface area contributed by atoms with E-state index in [4.69, 9.17) is 10.5 Å². The lowest BCUT2D eigenvalue weighted by atomic mass is 10.1. The predicted molar refractivity (Wildman–Crippen MR) is 106 cm³/mol. The number of carbonyl (C=O) groups excluding carboxylic acids is 1. The Morgan fingerprint density at radius 2 is 2.04 bits per heavy atom. The number of benzene rings is 1. The molecule has 0 unspecified atom stereocenters. The molecule has 0 atom stereocenters. The van der Waals surface area contributed by atoms with Gasteiger partial charge in [0.25, 0.3) is 0 Å². The number of nitrogens with two attached hydrogens (primary N) is 1. The summed E-state index contributed by atoms with van der Waals surface area (Å²) in [7, 11) is -1.64. The summed E-state index contributed by atoms with van der Waals surface area (Å²) in [5.74, 6) is 0.685. The Hall–Kier alpha value is -2.72. The van der Waals surface area contributed by atoms with Crippen LogP contribution in [0.5, 0.6) is 5.75 Å². The quantitative estimate of drug-likeness (QED) is 0.685. The Kier molecular flexibility index (Phi) is 5.80. The number of ketones is 1. The molecule has 10 heteroatoms. The summed E-state index contributed by atoms with van der Waals surface area (Å²) in [4.78, 5) is 21.1. The molecule has 0 radical (unpaired) electrons. The van der Waals surface area contributed by atoms with Crippen LogP contribution >= 0.6 is 0 Å². The zero-order valence-electron chi connectivity index (χ0n) is 15.8. The molecular weight excluding hydrogens is 382 g/mol. The van der Waals surface area contributed by atoms with Gasteiger partial charge in [-0.05, 0) is 25.0 Å².